The number of carbonyl (C=O) groups is 2. The summed E-state index contributed by atoms with van der Waals surface area (Å²) < 4.78 is 19.8. The van der Waals surface area contributed by atoms with E-state index in [0.717, 1.165) is 11.6 Å². The van der Waals surface area contributed by atoms with Crippen LogP contribution in [0.1, 0.15) is 26.3 Å². The van der Waals surface area contributed by atoms with Gasteiger partial charge >= 0.3 is 5.97 Å². The first-order valence-electron chi connectivity index (χ1n) is 8.92. The Morgan fingerprint density at radius 2 is 1.82 bits per heavy atom. The summed E-state index contributed by atoms with van der Waals surface area (Å²) in [7, 11) is 0. The molecule has 1 atom stereocenters. The Morgan fingerprint density at radius 3 is 2.57 bits per heavy atom. The fourth-order valence-corrected chi connectivity index (χ4v) is 3.53. The first-order valence-corrected chi connectivity index (χ1v) is 8.92. The second-order valence-corrected chi connectivity index (χ2v) is 6.74. The van der Waals surface area contributed by atoms with Gasteiger partial charge < -0.3 is 9.84 Å². The minimum absolute atomic E-state index is 0.00523. The largest absolute Gasteiger partial charge is 0.492 e. The first-order chi connectivity index (χ1) is 13.5. The van der Waals surface area contributed by atoms with E-state index in [1.54, 1.807) is 18.2 Å². The topological polar surface area (TPSA) is 63.6 Å². The van der Waals surface area contributed by atoms with Crippen molar-refractivity contribution in [1.82, 2.24) is 0 Å². The molecule has 28 heavy (non-hydrogen) atoms. The second-order valence-electron chi connectivity index (χ2n) is 6.74. The summed E-state index contributed by atoms with van der Waals surface area (Å²) in [6, 6.07) is 18.7. The van der Waals surface area contributed by atoms with Crippen molar-refractivity contribution in [2.24, 2.45) is 5.92 Å². The molecule has 5 heteroatoms. The molecule has 0 aromatic heterocycles. The fraction of sp³-hybridized carbons (Fsp3) is 0.130. The number of hydrogen-bond acceptors (Lipinski definition) is 3. The van der Waals surface area contributed by atoms with Gasteiger partial charge in [-0.2, -0.15) is 0 Å². The molecule has 3 aromatic rings. The van der Waals surface area contributed by atoms with Crippen LogP contribution in [0, 0.1) is 11.7 Å². The highest BCUT2D eigenvalue weighted by Gasteiger charge is 2.29. The van der Waals surface area contributed by atoms with Gasteiger partial charge in [-0.3, -0.25) is 4.79 Å². The smallest absolute Gasteiger partial charge is 0.339 e. The summed E-state index contributed by atoms with van der Waals surface area (Å²) in [6.07, 6.45) is 0.591. The van der Waals surface area contributed by atoms with Crippen molar-refractivity contribution in [3.8, 4) is 16.9 Å². The van der Waals surface area contributed by atoms with E-state index in [4.69, 9.17) is 4.74 Å². The standard InChI is InChI=1S/C23H17FO4/c24-19-8-4-7-17(21(19)23(26)27)15-9-10-18-20(12-15)28-13-16(22(18)25)11-14-5-2-1-3-6-14/h1-10,12,16H,11,13H2,(H,26,27). The average Bonchev–Trinajstić information content (AvgIpc) is 2.70. The lowest BCUT2D eigenvalue weighted by Crippen LogP contribution is -2.29. The molecular weight excluding hydrogens is 359 g/mol. The normalized spacial score (nSPS) is 15.6. The van der Waals surface area contributed by atoms with E-state index in [2.05, 4.69) is 0 Å². The molecule has 3 aromatic carbocycles. The molecular formula is C23H17FO4. The number of fused-ring (bicyclic) bond motifs is 1. The van der Waals surface area contributed by atoms with Crippen molar-refractivity contribution in [3.05, 3.63) is 89.2 Å². The highest BCUT2D eigenvalue weighted by Crippen LogP contribution is 2.35. The lowest BCUT2D eigenvalue weighted by Gasteiger charge is -2.25. The molecule has 0 fully saturated rings. The highest BCUT2D eigenvalue weighted by molar-refractivity contribution is 6.02. The maximum absolute atomic E-state index is 14.0. The molecule has 1 aliphatic heterocycles. The molecule has 4 nitrogen and oxygen atoms in total. The second kappa shape index (κ2) is 7.27. The molecule has 4 rings (SSSR count). The molecule has 1 unspecified atom stereocenters. The Morgan fingerprint density at radius 1 is 1.04 bits per heavy atom. The molecule has 1 N–H and O–H groups in total. The SMILES string of the molecule is O=C(O)c1c(F)cccc1-c1ccc2c(c1)OCC(Cc1ccccc1)C2=O. The highest BCUT2D eigenvalue weighted by atomic mass is 19.1. The van der Waals surface area contributed by atoms with Crippen LogP contribution in [0.3, 0.4) is 0 Å². The molecule has 0 aliphatic carbocycles. The van der Waals surface area contributed by atoms with E-state index in [1.807, 2.05) is 30.3 Å². The molecule has 0 amide bonds. The van der Waals surface area contributed by atoms with Gasteiger partial charge in [0.2, 0.25) is 0 Å². The van der Waals surface area contributed by atoms with E-state index in [0.29, 0.717) is 23.3 Å². The Labute approximate surface area is 161 Å². The summed E-state index contributed by atoms with van der Waals surface area (Å²) in [5.74, 6) is -2.03. The van der Waals surface area contributed by atoms with Crippen molar-refractivity contribution in [2.45, 2.75) is 6.42 Å². The summed E-state index contributed by atoms with van der Waals surface area (Å²) in [5.41, 5.74) is 1.87. The lowest BCUT2D eigenvalue weighted by molar-refractivity contribution is 0.0692. The zero-order chi connectivity index (χ0) is 19.7. The van der Waals surface area contributed by atoms with Crippen molar-refractivity contribution >= 4 is 11.8 Å². The van der Waals surface area contributed by atoms with Gasteiger partial charge in [0.1, 0.15) is 17.1 Å². The molecule has 0 bridgehead atoms. The zero-order valence-corrected chi connectivity index (χ0v) is 14.9. The molecule has 0 saturated carbocycles. The van der Waals surface area contributed by atoms with Gasteiger partial charge in [-0.25, -0.2) is 9.18 Å². The van der Waals surface area contributed by atoms with Crippen LogP contribution in [0.25, 0.3) is 11.1 Å². The van der Waals surface area contributed by atoms with Crippen LogP contribution in [0.2, 0.25) is 0 Å². The predicted molar refractivity (Wildman–Crippen MR) is 102 cm³/mol. The van der Waals surface area contributed by atoms with Gasteiger partial charge in [-0.1, -0.05) is 48.5 Å². The summed E-state index contributed by atoms with van der Waals surface area (Å²) in [6.45, 7) is 0.249. The molecule has 1 aliphatic rings. The maximum Gasteiger partial charge on any atom is 0.339 e. The molecule has 140 valence electrons. The molecule has 0 spiro atoms. The Kier molecular flexibility index (Phi) is 4.65. The third-order valence-corrected chi connectivity index (χ3v) is 4.92. The minimum Gasteiger partial charge on any atom is -0.492 e. The van der Waals surface area contributed by atoms with E-state index < -0.39 is 17.3 Å². The average molecular weight is 376 g/mol. The number of carbonyl (C=O) groups excluding carboxylic acids is 1. The molecule has 0 radical (unpaired) electrons. The number of halogens is 1. The quantitative estimate of drug-likeness (QED) is 0.721. The van der Waals surface area contributed by atoms with Gasteiger partial charge in [-0.05, 0) is 41.3 Å². The van der Waals surface area contributed by atoms with Gasteiger partial charge in [0.25, 0.3) is 0 Å². The van der Waals surface area contributed by atoms with E-state index in [1.165, 1.54) is 12.1 Å². The van der Waals surface area contributed by atoms with Crippen LogP contribution in [-0.2, 0) is 6.42 Å². The van der Waals surface area contributed by atoms with Crippen LogP contribution in [0.5, 0.6) is 5.75 Å². The zero-order valence-electron chi connectivity index (χ0n) is 14.9. The van der Waals surface area contributed by atoms with Gasteiger partial charge in [-0.15, -0.1) is 0 Å². The van der Waals surface area contributed by atoms with E-state index in [-0.39, 0.29) is 23.9 Å². The first kappa shape index (κ1) is 17.9. The number of carboxylic acid groups (broad SMARTS) is 1. The van der Waals surface area contributed by atoms with E-state index >= 15 is 0 Å². The minimum atomic E-state index is -1.34. The molecule has 0 saturated heterocycles. The Balaban J connectivity index is 1.66. The van der Waals surface area contributed by atoms with Crippen molar-refractivity contribution < 1.29 is 23.8 Å². The van der Waals surface area contributed by atoms with Crippen LogP contribution >= 0.6 is 0 Å². The summed E-state index contributed by atoms with van der Waals surface area (Å²) >= 11 is 0. The number of ketones is 1. The number of carboxylic acids is 1. The Hall–Kier alpha value is -3.47. The van der Waals surface area contributed by atoms with Crippen LogP contribution < -0.4 is 4.74 Å². The Bertz CT molecular complexity index is 1060. The lowest BCUT2D eigenvalue weighted by atomic mass is 9.88. The number of ether oxygens (including phenoxy) is 1. The van der Waals surface area contributed by atoms with Crippen molar-refractivity contribution in [3.63, 3.8) is 0 Å². The third kappa shape index (κ3) is 3.27. The summed E-state index contributed by atoms with van der Waals surface area (Å²) in [4.78, 5) is 24.3. The van der Waals surface area contributed by atoms with Crippen LogP contribution in [0.15, 0.2) is 66.7 Å². The third-order valence-electron chi connectivity index (χ3n) is 4.92. The predicted octanol–water partition coefficient (Wildman–Crippen LogP) is 4.62. The van der Waals surface area contributed by atoms with Gasteiger partial charge in [0.05, 0.1) is 18.1 Å². The van der Waals surface area contributed by atoms with Crippen LogP contribution in [-0.4, -0.2) is 23.5 Å². The summed E-state index contributed by atoms with van der Waals surface area (Å²) in [5, 5.41) is 9.34. The molecule has 1 heterocycles. The monoisotopic (exact) mass is 376 g/mol. The maximum atomic E-state index is 14.0. The van der Waals surface area contributed by atoms with Crippen molar-refractivity contribution in [2.75, 3.05) is 6.61 Å². The van der Waals surface area contributed by atoms with Crippen molar-refractivity contribution in [1.29, 1.82) is 0 Å². The number of aromatic carboxylic acids is 1. The fourth-order valence-electron chi connectivity index (χ4n) is 3.53. The van der Waals surface area contributed by atoms with E-state index in [9.17, 15) is 19.1 Å². The number of rotatable bonds is 4. The number of hydrogen-bond donors (Lipinski definition) is 1. The van der Waals surface area contributed by atoms with Gasteiger partial charge in [0, 0.05) is 0 Å². The van der Waals surface area contributed by atoms with Crippen LogP contribution in [0.4, 0.5) is 4.39 Å². The van der Waals surface area contributed by atoms with Gasteiger partial charge in [0.15, 0.2) is 5.78 Å². The number of Topliss-reactive ketones (excluding diaryl/α,β-unsaturated/α-hetero) is 1. The number of benzene rings is 3.